The second-order valence-corrected chi connectivity index (χ2v) is 5.26. The van der Waals surface area contributed by atoms with Crippen LogP contribution in [0.4, 0.5) is 5.69 Å². The van der Waals surface area contributed by atoms with Crippen LogP contribution in [0.5, 0.6) is 5.75 Å². The van der Waals surface area contributed by atoms with Crippen molar-refractivity contribution in [3.8, 4) is 16.9 Å². The minimum Gasteiger partial charge on any atom is -0.497 e. The van der Waals surface area contributed by atoms with E-state index in [0.717, 1.165) is 22.4 Å². The van der Waals surface area contributed by atoms with E-state index in [1.54, 1.807) is 20.1 Å². The number of hydrogen-bond acceptors (Lipinski definition) is 4. The standard InChI is InChI=1S/C19H21NO4/c1-4-24-19(22)12-15-11-16(20-13(2)21)7-10-18(15)14-5-8-17(23-3)9-6-14/h5-11H,4,12H2,1-3H3,(H,20,21). The molecule has 5 nitrogen and oxygen atoms in total. The lowest BCUT2D eigenvalue weighted by atomic mass is 9.97. The Balaban J connectivity index is 2.39. The number of amides is 1. The maximum absolute atomic E-state index is 11.9. The highest BCUT2D eigenvalue weighted by molar-refractivity contribution is 5.90. The molecule has 0 bridgehead atoms. The molecule has 0 aliphatic carbocycles. The van der Waals surface area contributed by atoms with E-state index in [1.807, 2.05) is 36.4 Å². The number of anilines is 1. The summed E-state index contributed by atoms with van der Waals surface area (Å²) in [6.45, 7) is 3.56. The van der Waals surface area contributed by atoms with Crippen molar-refractivity contribution in [2.75, 3.05) is 19.0 Å². The number of benzene rings is 2. The second-order valence-electron chi connectivity index (χ2n) is 5.26. The molecule has 0 aliphatic rings. The van der Waals surface area contributed by atoms with Crippen molar-refractivity contribution >= 4 is 17.6 Å². The first-order valence-electron chi connectivity index (χ1n) is 7.74. The summed E-state index contributed by atoms with van der Waals surface area (Å²) in [7, 11) is 1.61. The van der Waals surface area contributed by atoms with Gasteiger partial charge >= 0.3 is 5.97 Å². The number of esters is 1. The van der Waals surface area contributed by atoms with Crippen LogP contribution in [0, 0.1) is 0 Å². The van der Waals surface area contributed by atoms with Crippen molar-refractivity contribution in [3.05, 3.63) is 48.0 Å². The first-order valence-corrected chi connectivity index (χ1v) is 7.74. The Morgan fingerprint density at radius 3 is 2.38 bits per heavy atom. The molecule has 0 unspecified atom stereocenters. The molecule has 2 aromatic carbocycles. The average Bonchev–Trinajstić information content (AvgIpc) is 2.55. The lowest BCUT2D eigenvalue weighted by Crippen LogP contribution is -2.10. The number of methoxy groups -OCH3 is 1. The van der Waals surface area contributed by atoms with Crippen LogP contribution in [0.3, 0.4) is 0 Å². The van der Waals surface area contributed by atoms with Gasteiger partial charge in [0.2, 0.25) is 5.91 Å². The van der Waals surface area contributed by atoms with Crippen LogP contribution in [-0.4, -0.2) is 25.6 Å². The molecule has 2 aromatic rings. The molecule has 0 aliphatic heterocycles. The highest BCUT2D eigenvalue weighted by atomic mass is 16.5. The Labute approximate surface area is 141 Å². The van der Waals surface area contributed by atoms with Crippen molar-refractivity contribution in [3.63, 3.8) is 0 Å². The lowest BCUT2D eigenvalue weighted by Gasteiger charge is -2.13. The fourth-order valence-electron chi connectivity index (χ4n) is 2.44. The predicted octanol–water partition coefficient (Wildman–Crippen LogP) is 3.43. The first kappa shape index (κ1) is 17.5. The second kappa shape index (κ2) is 8.15. The molecular weight excluding hydrogens is 306 g/mol. The Kier molecular flexibility index (Phi) is 5.95. The van der Waals surface area contributed by atoms with E-state index >= 15 is 0 Å². The summed E-state index contributed by atoms with van der Waals surface area (Å²) in [5.41, 5.74) is 3.33. The molecule has 0 heterocycles. The largest absolute Gasteiger partial charge is 0.497 e. The fraction of sp³-hybridized carbons (Fsp3) is 0.263. The highest BCUT2D eigenvalue weighted by Gasteiger charge is 2.12. The monoisotopic (exact) mass is 327 g/mol. The molecule has 0 atom stereocenters. The summed E-state index contributed by atoms with van der Waals surface area (Å²) in [6.07, 6.45) is 0.141. The van der Waals surface area contributed by atoms with E-state index in [-0.39, 0.29) is 18.3 Å². The van der Waals surface area contributed by atoms with Gasteiger partial charge in [-0.1, -0.05) is 18.2 Å². The van der Waals surface area contributed by atoms with Gasteiger partial charge in [0.15, 0.2) is 0 Å². The minimum absolute atomic E-state index is 0.141. The summed E-state index contributed by atoms with van der Waals surface area (Å²) in [5.74, 6) is 0.307. The van der Waals surface area contributed by atoms with Crippen LogP contribution in [-0.2, 0) is 20.7 Å². The molecule has 0 radical (unpaired) electrons. The number of carbonyl (C=O) groups is 2. The topological polar surface area (TPSA) is 64.6 Å². The summed E-state index contributed by atoms with van der Waals surface area (Å²) in [6, 6.07) is 13.1. The smallest absolute Gasteiger partial charge is 0.310 e. The number of hydrogen-bond donors (Lipinski definition) is 1. The van der Waals surface area contributed by atoms with Gasteiger partial charge in [0, 0.05) is 12.6 Å². The molecule has 1 N–H and O–H groups in total. The third-order valence-corrected chi connectivity index (χ3v) is 3.47. The van der Waals surface area contributed by atoms with Crippen molar-refractivity contribution in [2.24, 2.45) is 0 Å². The maximum Gasteiger partial charge on any atom is 0.310 e. The van der Waals surface area contributed by atoms with Crippen LogP contribution in [0.15, 0.2) is 42.5 Å². The quantitative estimate of drug-likeness (QED) is 0.826. The van der Waals surface area contributed by atoms with Crippen molar-refractivity contribution in [1.29, 1.82) is 0 Å². The van der Waals surface area contributed by atoms with Crippen LogP contribution < -0.4 is 10.1 Å². The minimum atomic E-state index is -0.299. The molecule has 1 amide bonds. The number of carbonyl (C=O) groups excluding carboxylic acids is 2. The molecule has 0 saturated carbocycles. The lowest BCUT2D eigenvalue weighted by molar-refractivity contribution is -0.142. The van der Waals surface area contributed by atoms with Gasteiger partial charge in [-0.25, -0.2) is 0 Å². The van der Waals surface area contributed by atoms with Crippen LogP contribution in [0.1, 0.15) is 19.4 Å². The third kappa shape index (κ3) is 4.59. The predicted molar refractivity (Wildman–Crippen MR) is 93.1 cm³/mol. The van der Waals surface area contributed by atoms with Crippen LogP contribution in [0.25, 0.3) is 11.1 Å². The van der Waals surface area contributed by atoms with Gasteiger partial charge in [-0.3, -0.25) is 9.59 Å². The Hall–Kier alpha value is -2.82. The molecule has 0 spiro atoms. The molecule has 126 valence electrons. The maximum atomic E-state index is 11.9. The van der Waals surface area contributed by atoms with E-state index < -0.39 is 0 Å². The number of nitrogens with one attached hydrogen (secondary N) is 1. The Morgan fingerprint density at radius 1 is 1.08 bits per heavy atom. The van der Waals surface area contributed by atoms with Gasteiger partial charge in [0.25, 0.3) is 0 Å². The van der Waals surface area contributed by atoms with Gasteiger partial charge in [-0.05, 0) is 47.9 Å². The highest BCUT2D eigenvalue weighted by Crippen LogP contribution is 2.28. The van der Waals surface area contributed by atoms with Gasteiger partial charge in [-0.15, -0.1) is 0 Å². The zero-order chi connectivity index (χ0) is 17.5. The molecule has 0 fully saturated rings. The van der Waals surface area contributed by atoms with Gasteiger partial charge in [0.05, 0.1) is 20.1 Å². The summed E-state index contributed by atoms with van der Waals surface area (Å²) in [4.78, 5) is 23.2. The normalized spacial score (nSPS) is 10.1. The van der Waals surface area contributed by atoms with Gasteiger partial charge < -0.3 is 14.8 Å². The Morgan fingerprint density at radius 2 is 1.79 bits per heavy atom. The van der Waals surface area contributed by atoms with Gasteiger partial charge in [0.1, 0.15) is 5.75 Å². The fourth-order valence-corrected chi connectivity index (χ4v) is 2.44. The van der Waals surface area contributed by atoms with E-state index in [2.05, 4.69) is 5.32 Å². The molecule has 0 aromatic heterocycles. The zero-order valence-corrected chi connectivity index (χ0v) is 14.1. The third-order valence-electron chi connectivity index (χ3n) is 3.47. The van der Waals surface area contributed by atoms with E-state index in [0.29, 0.717) is 12.3 Å². The molecule has 2 rings (SSSR count). The van der Waals surface area contributed by atoms with E-state index in [4.69, 9.17) is 9.47 Å². The molecular formula is C19H21NO4. The molecule has 24 heavy (non-hydrogen) atoms. The summed E-state index contributed by atoms with van der Waals surface area (Å²) in [5, 5.41) is 2.74. The van der Waals surface area contributed by atoms with Gasteiger partial charge in [-0.2, -0.15) is 0 Å². The zero-order valence-electron chi connectivity index (χ0n) is 14.1. The number of ether oxygens (including phenoxy) is 2. The average molecular weight is 327 g/mol. The van der Waals surface area contributed by atoms with E-state index in [9.17, 15) is 9.59 Å². The summed E-state index contributed by atoms with van der Waals surface area (Å²) >= 11 is 0. The Bertz CT molecular complexity index is 723. The SMILES string of the molecule is CCOC(=O)Cc1cc(NC(C)=O)ccc1-c1ccc(OC)cc1. The van der Waals surface area contributed by atoms with Crippen molar-refractivity contribution in [1.82, 2.24) is 0 Å². The first-order chi connectivity index (χ1) is 11.5. The van der Waals surface area contributed by atoms with Crippen LogP contribution in [0.2, 0.25) is 0 Å². The number of rotatable bonds is 6. The molecule has 5 heteroatoms. The van der Waals surface area contributed by atoms with Crippen LogP contribution >= 0.6 is 0 Å². The van der Waals surface area contributed by atoms with Crippen molar-refractivity contribution in [2.45, 2.75) is 20.3 Å². The van der Waals surface area contributed by atoms with Crippen molar-refractivity contribution < 1.29 is 19.1 Å². The van der Waals surface area contributed by atoms with E-state index in [1.165, 1.54) is 6.92 Å². The summed E-state index contributed by atoms with van der Waals surface area (Å²) < 4.78 is 10.2. The molecule has 0 saturated heterocycles.